The number of hydrogen-bond acceptors (Lipinski definition) is 12. The number of piperidine rings is 1. The summed E-state index contributed by atoms with van der Waals surface area (Å²) in [7, 11) is 0. The summed E-state index contributed by atoms with van der Waals surface area (Å²) in [6.45, 7) is 3.46. The molecule has 7 fully saturated rings. The molecule has 14 atom stereocenters. The lowest BCUT2D eigenvalue weighted by molar-refractivity contribution is -0.231. The zero-order chi connectivity index (χ0) is 40.5. The Morgan fingerprint density at radius 1 is 1.03 bits per heavy atom. The van der Waals surface area contributed by atoms with Crippen molar-refractivity contribution < 1.29 is 55.5 Å². The summed E-state index contributed by atoms with van der Waals surface area (Å²) < 4.78 is 11.1. The average molecular weight is 855 g/mol. The van der Waals surface area contributed by atoms with E-state index < -0.39 is 54.9 Å². The van der Waals surface area contributed by atoms with Gasteiger partial charge in [0.25, 0.3) is 0 Å². The van der Waals surface area contributed by atoms with Gasteiger partial charge in [0, 0.05) is 11.1 Å². The van der Waals surface area contributed by atoms with Crippen LogP contribution < -0.4 is 10.5 Å². The van der Waals surface area contributed by atoms with Gasteiger partial charge in [-0.1, -0.05) is 35.9 Å². The number of carbonyl (C=O) groups is 1. The highest BCUT2D eigenvalue weighted by Gasteiger charge is 2.62. The van der Waals surface area contributed by atoms with Gasteiger partial charge in [0.15, 0.2) is 0 Å². The van der Waals surface area contributed by atoms with Gasteiger partial charge >= 0.3 is 0 Å². The quantitative estimate of drug-likeness (QED) is 0.180. The Bertz CT molecular complexity index is 1700. The van der Waals surface area contributed by atoms with E-state index in [2.05, 4.69) is 6.07 Å². The van der Waals surface area contributed by atoms with Gasteiger partial charge in [-0.15, -0.1) is 12.4 Å². The number of amides is 1. The molecule has 0 radical (unpaired) electrons. The van der Waals surface area contributed by atoms with Crippen molar-refractivity contribution in [1.29, 1.82) is 5.26 Å². The van der Waals surface area contributed by atoms with Crippen LogP contribution in [0.5, 0.6) is 5.75 Å². The molecule has 0 aromatic heterocycles. The van der Waals surface area contributed by atoms with Crippen LogP contribution in [0.25, 0.3) is 0 Å². The molecule has 16 heteroatoms. The largest absolute Gasteiger partial charge is 0.494 e. The summed E-state index contributed by atoms with van der Waals surface area (Å²) in [5, 5.41) is 76.5. The second-order valence-corrected chi connectivity index (χ2v) is 17.5. The molecule has 2 unspecified atom stereocenters. The van der Waals surface area contributed by atoms with Crippen molar-refractivity contribution in [3.63, 3.8) is 0 Å². The van der Waals surface area contributed by atoms with Gasteiger partial charge in [0.2, 0.25) is 5.91 Å². The van der Waals surface area contributed by atoms with Crippen LogP contribution in [0.15, 0.2) is 42.5 Å². The van der Waals surface area contributed by atoms with Crippen LogP contribution in [0.3, 0.4) is 0 Å². The molecule has 11 N–H and O–H groups in total. The van der Waals surface area contributed by atoms with Crippen molar-refractivity contribution >= 4 is 29.9 Å². The summed E-state index contributed by atoms with van der Waals surface area (Å²) in [5.41, 5.74) is 8.20. The molecule has 7 aliphatic rings. The van der Waals surface area contributed by atoms with Crippen LogP contribution in [-0.4, -0.2) is 126 Å². The number of fused-ring (bicyclic) bond motifs is 1. The van der Waals surface area contributed by atoms with Gasteiger partial charge in [0.1, 0.15) is 42.3 Å². The molecule has 0 spiro atoms. The van der Waals surface area contributed by atoms with Crippen LogP contribution in [-0.2, 0) is 16.0 Å². The number of rotatable bonds is 9. The third-order valence-electron chi connectivity index (χ3n) is 12.7. The van der Waals surface area contributed by atoms with Crippen molar-refractivity contribution in [2.45, 2.75) is 132 Å². The maximum atomic E-state index is 13.1. The monoisotopic (exact) mass is 853 g/mol. The van der Waals surface area contributed by atoms with E-state index in [9.17, 15) is 35.6 Å². The first-order valence-electron chi connectivity index (χ1n) is 19.9. The van der Waals surface area contributed by atoms with E-state index in [0.29, 0.717) is 47.8 Å². The lowest BCUT2D eigenvalue weighted by atomic mass is 9.46. The van der Waals surface area contributed by atoms with Gasteiger partial charge in [0.05, 0.1) is 43.6 Å². The molecule has 2 aromatic rings. The zero-order valence-electron chi connectivity index (χ0n) is 33.1. The Kier molecular flexibility index (Phi) is 16.4. The second kappa shape index (κ2) is 19.8. The van der Waals surface area contributed by atoms with Gasteiger partial charge in [-0.05, 0) is 130 Å². The van der Waals surface area contributed by atoms with Crippen molar-refractivity contribution in [3.05, 3.63) is 64.2 Å². The Morgan fingerprint density at radius 2 is 1.67 bits per heavy atom. The third kappa shape index (κ3) is 10.3. The van der Waals surface area contributed by atoms with Crippen molar-refractivity contribution in [1.82, 2.24) is 4.90 Å². The summed E-state index contributed by atoms with van der Waals surface area (Å²) >= 11 is 6.35. The average Bonchev–Trinajstić information content (AvgIpc) is 3.83. The minimum atomic E-state index is -1.42. The molecule has 9 rings (SSSR count). The van der Waals surface area contributed by atoms with E-state index in [1.165, 1.54) is 13.3 Å². The molecule has 2 aliphatic heterocycles. The number of ether oxygens (including phenoxy) is 2. The topological polar surface area (TPSA) is 262 Å². The number of hydrogen-bond donors (Lipinski definition) is 8. The molecule has 4 bridgehead atoms. The molecule has 14 nitrogen and oxygen atoms in total. The maximum absolute atomic E-state index is 13.1. The van der Waals surface area contributed by atoms with Crippen LogP contribution in [0.1, 0.15) is 88.0 Å². The molecular weight excluding hydrogens is 793 g/mol. The minimum absolute atomic E-state index is 0. The molecule has 5 saturated carbocycles. The Morgan fingerprint density at radius 3 is 2.22 bits per heavy atom. The van der Waals surface area contributed by atoms with Crippen LogP contribution in [0, 0.1) is 34.5 Å². The third-order valence-corrected chi connectivity index (χ3v) is 13.1. The van der Waals surface area contributed by atoms with E-state index in [1.807, 2.05) is 37.3 Å². The van der Waals surface area contributed by atoms with E-state index in [-0.39, 0.29) is 47.9 Å². The van der Waals surface area contributed by atoms with E-state index >= 15 is 0 Å². The first kappa shape index (κ1) is 48.1. The molecule has 5 aliphatic carbocycles. The minimum Gasteiger partial charge on any atom is -0.494 e. The van der Waals surface area contributed by atoms with Gasteiger partial charge in [-0.25, -0.2) is 0 Å². The number of nitrogens with two attached hydrogens (primary N) is 1. The number of benzene rings is 2. The van der Waals surface area contributed by atoms with Gasteiger partial charge in [-0.3, -0.25) is 4.79 Å². The van der Waals surface area contributed by atoms with Gasteiger partial charge < -0.3 is 61.3 Å². The van der Waals surface area contributed by atoms with E-state index in [0.717, 1.165) is 55.4 Å². The van der Waals surface area contributed by atoms with E-state index in [1.54, 1.807) is 17.0 Å². The Hall–Kier alpha value is -2.62. The van der Waals surface area contributed by atoms with Gasteiger partial charge in [-0.2, -0.15) is 5.26 Å². The first-order chi connectivity index (χ1) is 26.6. The predicted octanol–water partition coefficient (Wildman–Crippen LogP) is 1.96. The maximum Gasteiger partial charge on any atom is 0.241 e. The smallest absolute Gasteiger partial charge is 0.241 e. The van der Waals surface area contributed by atoms with Crippen molar-refractivity contribution in [3.8, 4) is 11.8 Å². The predicted molar refractivity (Wildman–Crippen MR) is 217 cm³/mol. The number of likely N-dealkylation sites (tertiary alicyclic amines) is 1. The number of aliphatic hydroxyl groups is 7. The Balaban J connectivity index is 0.000000225. The van der Waals surface area contributed by atoms with Crippen LogP contribution >= 0.6 is 24.0 Å². The summed E-state index contributed by atoms with van der Waals surface area (Å²) in [4.78, 5) is 14.9. The molecule has 324 valence electrons. The molecule has 58 heavy (non-hydrogen) atoms. The highest BCUT2D eigenvalue weighted by atomic mass is 35.5. The number of aliphatic hydroxyl groups excluding tert-OH is 6. The normalized spacial score (nSPS) is 35.9. The fourth-order valence-corrected chi connectivity index (χ4v) is 10.5. The molecular formula is C42H61Cl2N3O11. The van der Waals surface area contributed by atoms with Crippen molar-refractivity contribution in [2.75, 3.05) is 19.8 Å². The fraction of sp³-hybridized carbons (Fsp3) is 0.667. The lowest BCUT2D eigenvalue weighted by Crippen LogP contribution is -2.64. The van der Waals surface area contributed by atoms with Crippen LogP contribution in [0.2, 0.25) is 5.02 Å². The summed E-state index contributed by atoms with van der Waals surface area (Å²) in [5.74, 6) is 2.36. The molecule has 2 aromatic carbocycles. The Labute approximate surface area is 351 Å². The lowest BCUT2D eigenvalue weighted by Gasteiger charge is -2.61. The van der Waals surface area contributed by atoms with Crippen molar-refractivity contribution in [2.24, 2.45) is 28.9 Å². The highest BCUT2D eigenvalue weighted by Crippen LogP contribution is 2.63. The zero-order valence-corrected chi connectivity index (χ0v) is 34.6. The number of nitrogens with zero attached hydrogens (tertiary/aromatic N) is 2. The molecule has 2 heterocycles. The number of nitriles is 1. The molecule has 2 saturated heterocycles. The SMILES string of the molecule is CCOc1ccc(Cc2cc([C@@H]3O[C@H](CO)[C@@H](O)[C@H](O)[C@H]3O)ccc2Cl)cc1.C[C@H](O)CO.Cl.N#C[C@@H]1C[C@@H]2C[C@@H]2N1C(=O)[C@@H](N)C12C[C@@H]3C[C@@H](CC(O)(C3)C1)C2.O. The first-order valence-corrected chi connectivity index (χ1v) is 20.3. The van der Waals surface area contributed by atoms with Crippen LogP contribution in [0.4, 0.5) is 0 Å². The molecule has 1 amide bonds. The fourth-order valence-electron chi connectivity index (χ4n) is 10.3. The summed E-state index contributed by atoms with van der Waals surface area (Å²) in [6, 6.07) is 14.7. The second-order valence-electron chi connectivity index (χ2n) is 17.1. The standard InChI is InChI=1S/C21H25ClO6.C18H25N3O2.C3H8O2.ClH.H2O/c1-2-27-15-6-3-12(4-7-15)9-14-10-13(5-8-16(14)22)21-20(26)19(25)18(24)17(11-23)28-21;19-8-13-2-12-3-14(12)21(13)16(22)15(20)17-4-10-1-11(5-17)7-18(23,6-10)9-17;1-3(5)2-4;;/h3-8,10,17-21,23-26H,2,9,11H2,1H3;10-15,23H,1-7,9,20H2;3-5H,2H2,1H3;1H;1H2/t17-,18-,19+,20-,21+;10-,11+,12-,13+,14+,15-,17?,18?;3-;;/m110../s1. The highest BCUT2D eigenvalue weighted by molar-refractivity contribution is 6.31. The summed E-state index contributed by atoms with van der Waals surface area (Å²) in [6.07, 6.45) is 1.54. The number of carbonyl (C=O) groups excluding carboxylic acids is 1. The number of halogens is 2. The van der Waals surface area contributed by atoms with E-state index in [4.69, 9.17) is 37.0 Å².